The van der Waals surface area contributed by atoms with Crippen LogP contribution in [-0.2, 0) is 4.79 Å². The summed E-state index contributed by atoms with van der Waals surface area (Å²) in [7, 11) is 0. The highest BCUT2D eigenvalue weighted by Gasteiger charge is 2.16. The molecule has 0 N–H and O–H groups in total. The molecular formula is C11H16O. The Kier molecular flexibility index (Phi) is 2.85. The van der Waals surface area contributed by atoms with Gasteiger partial charge < -0.3 is 4.79 Å². The molecule has 0 aromatic carbocycles. The molecule has 0 radical (unpaired) electrons. The second-order valence-electron chi connectivity index (χ2n) is 3.70. The lowest BCUT2D eigenvalue weighted by Crippen LogP contribution is -2.10. The summed E-state index contributed by atoms with van der Waals surface area (Å²) >= 11 is 0. The molecule has 1 atom stereocenters. The van der Waals surface area contributed by atoms with Crippen LogP contribution >= 0.6 is 0 Å². The number of carbonyl (C=O) groups is 1. The Morgan fingerprint density at radius 3 is 2.75 bits per heavy atom. The number of carbonyl (C=O) groups excluding carboxylic acids is 1. The fraction of sp³-hybridized carbons (Fsp3) is 0.545. The van der Waals surface area contributed by atoms with Crippen molar-refractivity contribution >= 4 is 6.29 Å². The summed E-state index contributed by atoms with van der Waals surface area (Å²) in [5.41, 5.74) is 4.03. The molecule has 0 bridgehead atoms. The molecule has 0 amide bonds. The highest BCUT2D eigenvalue weighted by Crippen LogP contribution is 2.28. The van der Waals surface area contributed by atoms with Gasteiger partial charge in [-0.05, 0) is 33.6 Å². The summed E-state index contributed by atoms with van der Waals surface area (Å²) < 4.78 is 0. The lowest BCUT2D eigenvalue weighted by atomic mass is 9.85. The molecule has 66 valence electrons. The average molecular weight is 164 g/mol. The van der Waals surface area contributed by atoms with E-state index in [1.807, 2.05) is 6.92 Å². The molecular weight excluding hydrogens is 148 g/mol. The zero-order valence-electron chi connectivity index (χ0n) is 8.05. The Bertz CT molecular complexity index is 242. The molecule has 1 aliphatic rings. The minimum absolute atomic E-state index is 0.142. The molecule has 1 rings (SSSR count). The minimum Gasteiger partial charge on any atom is -0.303 e. The predicted molar refractivity (Wildman–Crippen MR) is 50.9 cm³/mol. The van der Waals surface area contributed by atoms with E-state index in [2.05, 4.69) is 19.9 Å². The van der Waals surface area contributed by atoms with E-state index in [1.54, 1.807) is 0 Å². The first-order valence-electron chi connectivity index (χ1n) is 4.42. The summed E-state index contributed by atoms with van der Waals surface area (Å²) in [6, 6.07) is 0. The molecule has 0 heterocycles. The van der Waals surface area contributed by atoms with E-state index in [1.165, 1.54) is 16.7 Å². The van der Waals surface area contributed by atoms with Gasteiger partial charge >= 0.3 is 0 Å². The van der Waals surface area contributed by atoms with Gasteiger partial charge in [0.25, 0.3) is 0 Å². The second-order valence-corrected chi connectivity index (χ2v) is 3.70. The van der Waals surface area contributed by atoms with Gasteiger partial charge in [-0.15, -0.1) is 0 Å². The topological polar surface area (TPSA) is 17.1 Å². The van der Waals surface area contributed by atoms with E-state index < -0.39 is 0 Å². The third-order valence-corrected chi connectivity index (χ3v) is 2.59. The highest BCUT2D eigenvalue weighted by molar-refractivity contribution is 5.60. The molecule has 0 unspecified atom stereocenters. The van der Waals surface area contributed by atoms with Crippen LogP contribution in [0.2, 0.25) is 0 Å². The molecule has 0 fully saturated rings. The van der Waals surface area contributed by atoms with Crippen molar-refractivity contribution in [3.05, 3.63) is 22.8 Å². The van der Waals surface area contributed by atoms with Crippen molar-refractivity contribution in [3.63, 3.8) is 0 Å². The standard InChI is InChI=1S/C11H16O/c1-8(2)10-5-4-9(3)11(6-10)7-12/h4,7,11H,5-6H2,1-3H3/t11-/m0/s1. The van der Waals surface area contributed by atoms with Crippen molar-refractivity contribution < 1.29 is 4.79 Å². The Morgan fingerprint density at radius 1 is 1.58 bits per heavy atom. The van der Waals surface area contributed by atoms with Crippen LogP contribution in [0.4, 0.5) is 0 Å². The van der Waals surface area contributed by atoms with Gasteiger partial charge in [-0.1, -0.05) is 22.8 Å². The predicted octanol–water partition coefficient (Wildman–Crippen LogP) is 2.88. The molecule has 0 aromatic heterocycles. The van der Waals surface area contributed by atoms with Gasteiger partial charge in [0.1, 0.15) is 6.29 Å². The number of aldehydes is 1. The van der Waals surface area contributed by atoms with E-state index in [-0.39, 0.29) is 5.92 Å². The first-order chi connectivity index (χ1) is 5.65. The molecule has 0 aromatic rings. The fourth-order valence-corrected chi connectivity index (χ4v) is 1.51. The van der Waals surface area contributed by atoms with Crippen molar-refractivity contribution in [1.82, 2.24) is 0 Å². The fourth-order valence-electron chi connectivity index (χ4n) is 1.51. The van der Waals surface area contributed by atoms with Crippen LogP contribution in [0.25, 0.3) is 0 Å². The van der Waals surface area contributed by atoms with Gasteiger partial charge in [-0.3, -0.25) is 0 Å². The molecule has 12 heavy (non-hydrogen) atoms. The van der Waals surface area contributed by atoms with Crippen LogP contribution in [0.1, 0.15) is 33.6 Å². The largest absolute Gasteiger partial charge is 0.303 e. The van der Waals surface area contributed by atoms with Gasteiger partial charge in [-0.2, -0.15) is 0 Å². The third kappa shape index (κ3) is 1.84. The Hall–Kier alpha value is -0.850. The van der Waals surface area contributed by atoms with Gasteiger partial charge in [0.2, 0.25) is 0 Å². The maximum Gasteiger partial charge on any atom is 0.127 e. The number of hydrogen-bond acceptors (Lipinski definition) is 1. The molecule has 0 aliphatic heterocycles. The van der Waals surface area contributed by atoms with Crippen molar-refractivity contribution in [2.24, 2.45) is 5.92 Å². The second kappa shape index (κ2) is 3.70. The van der Waals surface area contributed by atoms with Crippen LogP contribution in [0.3, 0.4) is 0 Å². The van der Waals surface area contributed by atoms with Gasteiger partial charge in [0.15, 0.2) is 0 Å². The first-order valence-corrected chi connectivity index (χ1v) is 4.42. The Balaban J connectivity index is 2.85. The van der Waals surface area contributed by atoms with Gasteiger partial charge in [-0.25, -0.2) is 0 Å². The Labute approximate surface area is 74.2 Å². The van der Waals surface area contributed by atoms with Crippen molar-refractivity contribution in [2.75, 3.05) is 0 Å². The van der Waals surface area contributed by atoms with Crippen molar-refractivity contribution in [1.29, 1.82) is 0 Å². The molecule has 0 saturated carbocycles. The van der Waals surface area contributed by atoms with E-state index in [0.717, 1.165) is 19.1 Å². The third-order valence-electron chi connectivity index (χ3n) is 2.59. The van der Waals surface area contributed by atoms with E-state index >= 15 is 0 Å². The Morgan fingerprint density at radius 2 is 2.25 bits per heavy atom. The van der Waals surface area contributed by atoms with Gasteiger partial charge in [0.05, 0.1) is 0 Å². The average Bonchev–Trinajstić information content (AvgIpc) is 2.05. The van der Waals surface area contributed by atoms with Crippen LogP contribution in [0, 0.1) is 5.92 Å². The number of rotatable bonds is 1. The van der Waals surface area contributed by atoms with E-state index in [4.69, 9.17) is 0 Å². The molecule has 0 spiro atoms. The number of allylic oxidation sites excluding steroid dienone is 4. The normalized spacial score (nSPS) is 23.4. The molecule has 1 aliphatic carbocycles. The first kappa shape index (κ1) is 9.24. The van der Waals surface area contributed by atoms with Crippen LogP contribution < -0.4 is 0 Å². The lowest BCUT2D eigenvalue weighted by molar-refractivity contribution is -0.110. The van der Waals surface area contributed by atoms with Crippen LogP contribution in [0.5, 0.6) is 0 Å². The summed E-state index contributed by atoms with van der Waals surface area (Å²) in [6.45, 7) is 6.28. The van der Waals surface area contributed by atoms with Gasteiger partial charge in [0, 0.05) is 5.92 Å². The van der Waals surface area contributed by atoms with Crippen molar-refractivity contribution in [3.8, 4) is 0 Å². The quantitative estimate of drug-likeness (QED) is 0.430. The maximum absolute atomic E-state index is 10.7. The van der Waals surface area contributed by atoms with E-state index in [0.29, 0.717) is 0 Å². The highest BCUT2D eigenvalue weighted by atomic mass is 16.1. The SMILES string of the molecule is CC1=CCC(=C(C)C)C[C@H]1C=O. The monoisotopic (exact) mass is 164 g/mol. The van der Waals surface area contributed by atoms with E-state index in [9.17, 15) is 4.79 Å². The number of hydrogen-bond donors (Lipinski definition) is 0. The lowest BCUT2D eigenvalue weighted by Gasteiger charge is -2.20. The molecule has 1 heteroatoms. The molecule has 0 saturated heterocycles. The summed E-state index contributed by atoms with van der Waals surface area (Å²) in [5.74, 6) is 0.142. The summed E-state index contributed by atoms with van der Waals surface area (Å²) in [4.78, 5) is 10.7. The van der Waals surface area contributed by atoms with Crippen LogP contribution in [-0.4, -0.2) is 6.29 Å². The minimum atomic E-state index is 0.142. The van der Waals surface area contributed by atoms with Crippen molar-refractivity contribution in [2.45, 2.75) is 33.6 Å². The maximum atomic E-state index is 10.7. The molecule has 1 nitrogen and oxygen atoms in total. The summed E-state index contributed by atoms with van der Waals surface area (Å²) in [5, 5.41) is 0. The van der Waals surface area contributed by atoms with Crippen LogP contribution in [0.15, 0.2) is 22.8 Å². The zero-order chi connectivity index (χ0) is 9.14. The zero-order valence-corrected chi connectivity index (χ0v) is 8.05. The summed E-state index contributed by atoms with van der Waals surface area (Å²) in [6.07, 6.45) is 5.21. The smallest absolute Gasteiger partial charge is 0.127 e.